The van der Waals surface area contributed by atoms with Crippen LogP contribution in [0.4, 0.5) is 0 Å². The van der Waals surface area contributed by atoms with Crippen molar-refractivity contribution < 1.29 is 5.11 Å². The summed E-state index contributed by atoms with van der Waals surface area (Å²) < 4.78 is 0. The molecule has 0 aromatic rings. The van der Waals surface area contributed by atoms with Gasteiger partial charge in [0, 0.05) is 12.6 Å². The molecule has 1 atom stereocenters. The minimum Gasteiger partial charge on any atom is -0.393 e. The zero-order valence-corrected chi connectivity index (χ0v) is 11.4. The molecule has 1 N–H and O–H groups in total. The second-order valence-corrected chi connectivity index (χ2v) is 5.80. The highest BCUT2D eigenvalue weighted by Gasteiger charge is 2.22. The van der Waals surface area contributed by atoms with Crippen molar-refractivity contribution in [1.29, 1.82) is 0 Å². The zero-order valence-electron chi connectivity index (χ0n) is 11.4. The maximum absolute atomic E-state index is 9.96. The molecule has 0 fully saturated rings. The van der Waals surface area contributed by atoms with E-state index in [-0.39, 0.29) is 11.5 Å². The second-order valence-electron chi connectivity index (χ2n) is 5.80. The number of rotatable bonds is 6. The van der Waals surface area contributed by atoms with Gasteiger partial charge < -0.3 is 10.0 Å². The van der Waals surface area contributed by atoms with Crippen LogP contribution in [0.15, 0.2) is 0 Å². The van der Waals surface area contributed by atoms with Crippen LogP contribution >= 0.6 is 0 Å². The zero-order chi connectivity index (χ0) is 12.1. The molecule has 15 heavy (non-hydrogen) atoms. The highest BCUT2D eigenvalue weighted by molar-refractivity contribution is 4.74. The predicted molar refractivity (Wildman–Crippen MR) is 67.1 cm³/mol. The number of aliphatic hydroxyl groups is 1. The Balaban J connectivity index is 3.99. The first-order valence-electron chi connectivity index (χ1n) is 6.21. The van der Waals surface area contributed by atoms with E-state index in [9.17, 15) is 5.11 Å². The van der Waals surface area contributed by atoms with Gasteiger partial charge in [0.25, 0.3) is 0 Å². The van der Waals surface area contributed by atoms with Gasteiger partial charge in [-0.1, -0.05) is 27.7 Å². The van der Waals surface area contributed by atoms with Crippen molar-refractivity contribution in [3.05, 3.63) is 0 Å². The summed E-state index contributed by atoms with van der Waals surface area (Å²) in [6, 6.07) is 0.581. The molecule has 0 radical (unpaired) electrons. The van der Waals surface area contributed by atoms with E-state index in [2.05, 4.69) is 46.4 Å². The first-order valence-corrected chi connectivity index (χ1v) is 6.21. The van der Waals surface area contributed by atoms with Crippen LogP contribution in [0.3, 0.4) is 0 Å². The fourth-order valence-electron chi connectivity index (χ4n) is 1.64. The second kappa shape index (κ2) is 6.49. The van der Waals surface area contributed by atoms with Crippen molar-refractivity contribution in [1.82, 2.24) is 4.90 Å². The predicted octanol–water partition coefficient (Wildman–Crippen LogP) is 2.90. The van der Waals surface area contributed by atoms with Crippen LogP contribution in [-0.4, -0.2) is 35.2 Å². The van der Waals surface area contributed by atoms with E-state index in [4.69, 9.17) is 0 Å². The highest BCUT2D eigenvalue weighted by atomic mass is 16.3. The molecule has 0 aliphatic rings. The van der Waals surface area contributed by atoms with Gasteiger partial charge in [-0.15, -0.1) is 0 Å². The molecule has 0 saturated heterocycles. The Morgan fingerprint density at radius 1 is 1.13 bits per heavy atom. The smallest absolute Gasteiger partial charge is 0.0600 e. The normalized spacial score (nSPS) is 15.0. The lowest BCUT2D eigenvalue weighted by atomic mass is 9.87. The molecule has 0 heterocycles. The van der Waals surface area contributed by atoms with E-state index < -0.39 is 0 Å². The van der Waals surface area contributed by atoms with Crippen molar-refractivity contribution in [2.45, 2.75) is 66.5 Å². The standard InChI is InChI=1S/C13H29NO/c1-7-9-14(11(2)3)10-8-12(15)13(4,5)6/h11-12,15H,7-10H2,1-6H3. The Morgan fingerprint density at radius 3 is 2.00 bits per heavy atom. The van der Waals surface area contributed by atoms with Gasteiger partial charge in [0.05, 0.1) is 6.10 Å². The topological polar surface area (TPSA) is 23.5 Å². The van der Waals surface area contributed by atoms with Gasteiger partial charge in [-0.05, 0) is 38.6 Å². The third-order valence-electron chi connectivity index (χ3n) is 2.93. The van der Waals surface area contributed by atoms with Gasteiger partial charge in [-0.3, -0.25) is 0 Å². The van der Waals surface area contributed by atoms with Gasteiger partial charge >= 0.3 is 0 Å². The number of hydrogen-bond donors (Lipinski definition) is 1. The van der Waals surface area contributed by atoms with E-state index in [1.807, 2.05) is 0 Å². The molecule has 0 bridgehead atoms. The van der Waals surface area contributed by atoms with Gasteiger partial charge in [-0.2, -0.15) is 0 Å². The van der Waals surface area contributed by atoms with Gasteiger partial charge in [0.2, 0.25) is 0 Å². The Kier molecular flexibility index (Phi) is 6.46. The molecule has 0 spiro atoms. The van der Waals surface area contributed by atoms with Crippen molar-refractivity contribution >= 4 is 0 Å². The Hall–Kier alpha value is -0.0800. The molecule has 2 heteroatoms. The first kappa shape index (κ1) is 14.9. The molecule has 0 aromatic carbocycles. The molecule has 0 aliphatic heterocycles. The lowest BCUT2D eigenvalue weighted by molar-refractivity contribution is 0.0423. The SMILES string of the molecule is CCCN(CCC(O)C(C)(C)C)C(C)C. The Bertz CT molecular complexity index is 160. The van der Waals surface area contributed by atoms with Crippen molar-refractivity contribution in [3.63, 3.8) is 0 Å². The molecule has 1 unspecified atom stereocenters. The fraction of sp³-hybridized carbons (Fsp3) is 1.00. The Labute approximate surface area is 95.7 Å². The summed E-state index contributed by atoms with van der Waals surface area (Å²) in [4.78, 5) is 2.44. The molecular weight excluding hydrogens is 186 g/mol. The molecule has 0 aromatic heterocycles. The number of nitrogens with zero attached hydrogens (tertiary/aromatic N) is 1. The summed E-state index contributed by atoms with van der Waals surface area (Å²) in [6.45, 7) is 15.1. The number of hydrogen-bond acceptors (Lipinski definition) is 2. The van der Waals surface area contributed by atoms with E-state index in [0.717, 1.165) is 19.5 Å². The third-order valence-corrected chi connectivity index (χ3v) is 2.93. The third kappa shape index (κ3) is 6.16. The van der Waals surface area contributed by atoms with Crippen LogP contribution in [0.5, 0.6) is 0 Å². The lowest BCUT2D eigenvalue weighted by Crippen LogP contribution is -2.36. The highest BCUT2D eigenvalue weighted by Crippen LogP contribution is 2.22. The van der Waals surface area contributed by atoms with Crippen molar-refractivity contribution in [2.24, 2.45) is 5.41 Å². The lowest BCUT2D eigenvalue weighted by Gasteiger charge is -2.31. The van der Waals surface area contributed by atoms with Crippen LogP contribution in [0.2, 0.25) is 0 Å². The largest absolute Gasteiger partial charge is 0.393 e. The molecule has 0 amide bonds. The monoisotopic (exact) mass is 215 g/mol. The molecule has 92 valence electrons. The quantitative estimate of drug-likeness (QED) is 0.736. The summed E-state index contributed by atoms with van der Waals surface area (Å²) >= 11 is 0. The van der Waals surface area contributed by atoms with E-state index in [0.29, 0.717) is 6.04 Å². The Morgan fingerprint density at radius 2 is 1.67 bits per heavy atom. The first-order chi connectivity index (χ1) is 6.79. The molecule has 0 aliphatic carbocycles. The van der Waals surface area contributed by atoms with Crippen molar-refractivity contribution in [3.8, 4) is 0 Å². The summed E-state index contributed by atoms with van der Waals surface area (Å²) in [5, 5.41) is 9.96. The molecule has 0 saturated carbocycles. The summed E-state index contributed by atoms with van der Waals surface area (Å²) in [6.07, 6.45) is 1.86. The average Bonchev–Trinajstić information content (AvgIpc) is 2.09. The molecule has 0 rings (SSSR count). The van der Waals surface area contributed by atoms with E-state index in [1.54, 1.807) is 0 Å². The number of aliphatic hydroxyl groups excluding tert-OH is 1. The summed E-state index contributed by atoms with van der Waals surface area (Å²) in [7, 11) is 0. The summed E-state index contributed by atoms with van der Waals surface area (Å²) in [5.74, 6) is 0. The van der Waals surface area contributed by atoms with Crippen LogP contribution < -0.4 is 0 Å². The molecule has 2 nitrogen and oxygen atoms in total. The van der Waals surface area contributed by atoms with E-state index in [1.165, 1.54) is 6.42 Å². The average molecular weight is 215 g/mol. The van der Waals surface area contributed by atoms with Gasteiger partial charge in [-0.25, -0.2) is 0 Å². The maximum atomic E-state index is 9.96. The van der Waals surface area contributed by atoms with Crippen LogP contribution in [-0.2, 0) is 0 Å². The minimum atomic E-state index is -0.199. The minimum absolute atomic E-state index is 0.00879. The van der Waals surface area contributed by atoms with Crippen molar-refractivity contribution in [2.75, 3.05) is 13.1 Å². The van der Waals surface area contributed by atoms with Gasteiger partial charge in [0.15, 0.2) is 0 Å². The van der Waals surface area contributed by atoms with Crippen LogP contribution in [0, 0.1) is 5.41 Å². The van der Waals surface area contributed by atoms with Crippen LogP contribution in [0.25, 0.3) is 0 Å². The molecular formula is C13H29NO. The van der Waals surface area contributed by atoms with Gasteiger partial charge in [0.1, 0.15) is 0 Å². The fourth-order valence-corrected chi connectivity index (χ4v) is 1.64. The van der Waals surface area contributed by atoms with Crippen LogP contribution in [0.1, 0.15) is 54.4 Å². The van der Waals surface area contributed by atoms with E-state index >= 15 is 0 Å². The maximum Gasteiger partial charge on any atom is 0.0600 e. The summed E-state index contributed by atoms with van der Waals surface area (Å²) in [5.41, 5.74) is 0.00879.